The van der Waals surface area contributed by atoms with E-state index in [1.54, 1.807) is 12.1 Å². The molecule has 0 heterocycles. The minimum atomic E-state index is -3.12. The van der Waals surface area contributed by atoms with Crippen LogP contribution < -0.4 is 10.00 Å². The Balaban J connectivity index is 0. The van der Waals surface area contributed by atoms with Gasteiger partial charge in [-0.3, -0.25) is 0 Å². The van der Waals surface area contributed by atoms with Gasteiger partial charge in [0.05, 0.1) is 0 Å². The van der Waals surface area contributed by atoms with Crippen LogP contribution in [-0.4, -0.2) is 42.6 Å². The van der Waals surface area contributed by atoms with Crippen LogP contribution in [0.1, 0.15) is 0 Å². The summed E-state index contributed by atoms with van der Waals surface area (Å²) in [5.41, 5.74) is 0. The predicted octanol–water partition coefficient (Wildman–Crippen LogP) is -0.624. The molecule has 0 radical (unpaired) electrons. The molecule has 4 nitrogen and oxygen atoms in total. The van der Waals surface area contributed by atoms with Gasteiger partial charge in [-0.15, -0.1) is 5.75 Å². The molecule has 0 aromatic heterocycles. The molecule has 1 atom stereocenters. The van der Waals surface area contributed by atoms with E-state index >= 15 is 0 Å². The van der Waals surface area contributed by atoms with Gasteiger partial charge in [0.2, 0.25) is 0 Å². The summed E-state index contributed by atoms with van der Waals surface area (Å²) in [5, 5.41) is 10.3. The van der Waals surface area contributed by atoms with E-state index in [0.717, 1.165) is 0 Å². The van der Waals surface area contributed by atoms with Gasteiger partial charge in [0.15, 0.2) is 0 Å². The van der Waals surface area contributed by atoms with Crippen LogP contribution >= 0.6 is 8.25 Å². The van der Waals surface area contributed by atoms with Crippen molar-refractivity contribution in [1.82, 2.24) is 0 Å². The summed E-state index contributed by atoms with van der Waals surface area (Å²) in [6.45, 7) is 0. The molecule has 12 heavy (non-hydrogen) atoms. The van der Waals surface area contributed by atoms with Crippen LogP contribution in [0.3, 0.4) is 0 Å². The maximum atomic E-state index is 10.3. The van der Waals surface area contributed by atoms with E-state index in [9.17, 15) is 5.11 Å². The first kappa shape index (κ1) is 14.8. The predicted molar refractivity (Wildman–Crippen MR) is 41.5 cm³/mol. The minimum absolute atomic E-state index is 0. The second-order valence-corrected chi connectivity index (χ2v) is 2.03. The normalized spacial score (nSPS) is 8.67. The first-order valence-corrected chi connectivity index (χ1v) is 3.81. The average Bonchev–Trinajstić information content (AvgIpc) is 1.87. The number of hydrogen-bond acceptors (Lipinski definition) is 3. The third kappa shape index (κ3) is 12.9. The number of benzene rings is 1. The summed E-state index contributed by atoms with van der Waals surface area (Å²) in [6.07, 6.45) is 0. The van der Waals surface area contributed by atoms with Crippen molar-refractivity contribution in [1.29, 1.82) is 0 Å². The molecule has 1 aromatic rings. The van der Waals surface area contributed by atoms with Crippen LogP contribution in [0.15, 0.2) is 30.3 Å². The van der Waals surface area contributed by atoms with E-state index in [1.807, 2.05) is 6.07 Å². The number of para-hydroxylation sites is 1. The van der Waals surface area contributed by atoms with Gasteiger partial charge in [-0.1, -0.05) is 30.3 Å². The van der Waals surface area contributed by atoms with Gasteiger partial charge in [-0.25, -0.2) is 0 Å². The molecule has 0 fully saturated rings. The second-order valence-electron chi connectivity index (χ2n) is 1.55. The molecule has 0 aliphatic heterocycles. The quantitative estimate of drug-likeness (QED) is 0.459. The summed E-state index contributed by atoms with van der Waals surface area (Å²) in [4.78, 5) is 15.6. The second kappa shape index (κ2) is 9.39. The Morgan fingerprint density at radius 1 is 1.25 bits per heavy atom. The summed E-state index contributed by atoms with van der Waals surface area (Å²) in [5.74, 6) is 0.0718. The maximum absolute atomic E-state index is 10.3. The van der Waals surface area contributed by atoms with E-state index in [0.29, 0.717) is 0 Å². The van der Waals surface area contributed by atoms with E-state index in [4.69, 9.17) is 14.4 Å². The van der Waals surface area contributed by atoms with E-state index in [2.05, 4.69) is 0 Å². The van der Waals surface area contributed by atoms with Gasteiger partial charge in [-0.05, 0) is 4.57 Å². The molecular weight excluding hydrogens is 207 g/mol. The van der Waals surface area contributed by atoms with Gasteiger partial charge in [0.25, 0.3) is 0 Å². The topological polar surface area (TPSA) is 83.4 Å². The molecule has 0 saturated carbocycles. The van der Waals surface area contributed by atoms with Crippen molar-refractivity contribution >= 4 is 46.0 Å². The van der Waals surface area contributed by atoms with Gasteiger partial charge >= 0.3 is 46.0 Å². The molecule has 6 heteroatoms. The van der Waals surface area contributed by atoms with Crippen molar-refractivity contribution < 1.29 is 19.5 Å². The fraction of sp³-hybridized carbons (Fsp3) is 0. The Kier molecular flexibility index (Phi) is 11.6. The van der Waals surface area contributed by atoms with Crippen LogP contribution in [-0.2, 0) is 4.57 Å². The third-order valence-electron chi connectivity index (χ3n) is 0.743. The molecule has 0 bridgehead atoms. The van der Waals surface area contributed by atoms with Gasteiger partial charge in [0, 0.05) is 0 Å². The number of hydrogen-bond donors (Lipinski definition) is 1. The SMILES string of the molecule is O=[P+]([O-])O.[Ca+2].[O-]c1ccccc1. The van der Waals surface area contributed by atoms with Crippen molar-refractivity contribution in [3.05, 3.63) is 30.3 Å². The average molecular weight is 213 g/mol. The summed E-state index contributed by atoms with van der Waals surface area (Å²) < 4.78 is 8.59. The molecule has 60 valence electrons. The monoisotopic (exact) mass is 213 g/mol. The molecule has 1 unspecified atom stereocenters. The molecule has 1 N–H and O–H groups in total. The maximum Gasteiger partial charge on any atom is 2.00 e. The van der Waals surface area contributed by atoms with E-state index < -0.39 is 8.25 Å². The van der Waals surface area contributed by atoms with Gasteiger partial charge in [-0.2, -0.15) is 4.89 Å². The zero-order chi connectivity index (χ0) is 8.69. The molecular formula is C6H6CaO4P+. The molecule has 0 spiro atoms. The summed E-state index contributed by atoms with van der Waals surface area (Å²) in [7, 11) is -3.12. The Morgan fingerprint density at radius 3 is 1.75 bits per heavy atom. The standard InChI is InChI=1S/C6H6O.Ca.HO3P/c7-6-4-2-1-3-5-6;;1-4(2)3/h1-5,7H;;(H,1,2,3)/q;+2;/p-1. The summed E-state index contributed by atoms with van der Waals surface area (Å²) >= 11 is 0. The van der Waals surface area contributed by atoms with Crippen molar-refractivity contribution in [2.24, 2.45) is 0 Å². The molecule has 0 aliphatic rings. The Labute approximate surface area is 101 Å². The summed E-state index contributed by atoms with van der Waals surface area (Å²) in [6, 6.07) is 8.33. The van der Waals surface area contributed by atoms with Crippen molar-refractivity contribution in [3.8, 4) is 5.75 Å². The third-order valence-corrected chi connectivity index (χ3v) is 0.743. The molecule has 0 aliphatic carbocycles. The number of rotatable bonds is 0. The van der Waals surface area contributed by atoms with E-state index in [1.165, 1.54) is 12.1 Å². The first-order valence-electron chi connectivity index (χ1n) is 2.68. The van der Waals surface area contributed by atoms with Crippen LogP contribution in [0, 0.1) is 0 Å². The molecule has 1 aromatic carbocycles. The first-order chi connectivity index (χ1) is 5.13. The Hall–Kier alpha value is 0.300. The van der Waals surface area contributed by atoms with E-state index in [-0.39, 0.29) is 43.5 Å². The Bertz CT molecular complexity index is 212. The van der Waals surface area contributed by atoms with Gasteiger partial charge < -0.3 is 10.00 Å². The smallest absolute Gasteiger partial charge is 0.872 e. The zero-order valence-electron chi connectivity index (χ0n) is 6.21. The largest absolute Gasteiger partial charge is 2.00 e. The van der Waals surface area contributed by atoms with Crippen molar-refractivity contribution in [3.63, 3.8) is 0 Å². The van der Waals surface area contributed by atoms with Crippen molar-refractivity contribution in [2.45, 2.75) is 0 Å². The molecule has 0 amide bonds. The Morgan fingerprint density at radius 2 is 1.58 bits per heavy atom. The van der Waals surface area contributed by atoms with Crippen LogP contribution in [0.5, 0.6) is 5.75 Å². The minimum Gasteiger partial charge on any atom is -0.872 e. The van der Waals surface area contributed by atoms with Crippen molar-refractivity contribution in [2.75, 3.05) is 0 Å². The fourth-order valence-corrected chi connectivity index (χ4v) is 0.420. The molecule has 0 saturated heterocycles. The van der Waals surface area contributed by atoms with Crippen LogP contribution in [0.25, 0.3) is 0 Å². The van der Waals surface area contributed by atoms with Crippen LogP contribution in [0.2, 0.25) is 0 Å². The molecule has 1 rings (SSSR count). The van der Waals surface area contributed by atoms with Crippen LogP contribution in [0.4, 0.5) is 0 Å². The van der Waals surface area contributed by atoms with Gasteiger partial charge in [0.1, 0.15) is 0 Å². The fourth-order valence-electron chi connectivity index (χ4n) is 0.420. The zero-order valence-corrected chi connectivity index (χ0v) is 9.32.